The molecular formula is C19H18N4O4S3. The molecule has 1 amide bonds. The molecule has 0 aliphatic carbocycles. The molecule has 0 radical (unpaired) electrons. The number of nitrogens with one attached hydrogen (secondary N) is 4. The fourth-order valence-electron chi connectivity index (χ4n) is 2.43. The van der Waals surface area contributed by atoms with Crippen molar-refractivity contribution in [2.75, 3.05) is 17.1 Å². The number of para-hydroxylation sites is 1. The van der Waals surface area contributed by atoms with Gasteiger partial charge in [0.05, 0.1) is 18.4 Å². The van der Waals surface area contributed by atoms with E-state index in [1.54, 1.807) is 55.0 Å². The third kappa shape index (κ3) is 5.47. The molecule has 4 N–H and O–H groups in total. The van der Waals surface area contributed by atoms with E-state index in [-0.39, 0.29) is 20.6 Å². The largest absolute Gasteiger partial charge is 0.497 e. The lowest BCUT2D eigenvalue weighted by Crippen LogP contribution is -2.44. The van der Waals surface area contributed by atoms with Crippen molar-refractivity contribution < 1.29 is 17.9 Å². The van der Waals surface area contributed by atoms with Gasteiger partial charge in [-0.25, -0.2) is 8.42 Å². The normalized spacial score (nSPS) is 10.7. The molecule has 2 aromatic carbocycles. The topological polar surface area (TPSA) is 109 Å². The summed E-state index contributed by atoms with van der Waals surface area (Å²) in [6.07, 6.45) is 0. The van der Waals surface area contributed by atoms with Crippen molar-refractivity contribution in [3.05, 3.63) is 71.6 Å². The number of hydrazine groups is 1. The molecule has 0 saturated heterocycles. The molecule has 30 heavy (non-hydrogen) atoms. The zero-order valence-electron chi connectivity index (χ0n) is 15.7. The standard InChI is InChI=1S/C19H18N4O4S3/c1-27-14-7-4-6-13(12-14)20-19(28)22-21-18(24)15-8-2-3-9-16(15)23-30(25,26)17-10-5-11-29-17/h2-12,23H,1H3,(H,21,24)(H2,20,22,28). The zero-order chi connectivity index (χ0) is 21.6. The first-order chi connectivity index (χ1) is 14.4. The predicted molar refractivity (Wildman–Crippen MR) is 121 cm³/mol. The van der Waals surface area contributed by atoms with E-state index in [1.165, 1.54) is 18.2 Å². The Morgan fingerprint density at radius 2 is 1.83 bits per heavy atom. The number of amides is 1. The van der Waals surface area contributed by atoms with E-state index in [0.29, 0.717) is 11.4 Å². The number of ether oxygens (including phenoxy) is 1. The summed E-state index contributed by atoms with van der Waals surface area (Å²) in [5.74, 6) is 0.0908. The van der Waals surface area contributed by atoms with E-state index in [0.717, 1.165) is 11.3 Å². The average molecular weight is 463 g/mol. The van der Waals surface area contributed by atoms with Crippen molar-refractivity contribution in [1.29, 1.82) is 0 Å². The molecule has 0 unspecified atom stereocenters. The molecule has 0 fully saturated rings. The number of rotatable bonds is 6. The molecule has 0 saturated carbocycles. The van der Waals surface area contributed by atoms with E-state index in [9.17, 15) is 13.2 Å². The number of anilines is 2. The Morgan fingerprint density at radius 3 is 2.57 bits per heavy atom. The van der Waals surface area contributed by atoms with Gasteiger partial charge in [-0.15, -0.1) is 11.3 Å². The maximum absolute atomic E-state index is 12.6. The Kier molecular flexibility index (Phi) is 6.87. The first-order valence-electron chi connectivity index (χ1n) is 8.56. The molecule has 0 bridgehead atoms. The number of thiocarbonyl (C=S) groups is 1. The van der Waals surface area contributed by atoms with Crippen LogP contribution in [-0.4, -0.2) is 26.5 Å². The summed E-state index contributed by atoms with van der Waals surface area (Å²) in [5, 5.41) is 4.72. The molecule has 156 valence electrons. The van der Waals surface area contributed by atoms with Gasteiger partial charge in [-0.1, -0.05) is 24.3 Å². The number of sulfonamides is 1. The lowest BCUT2D eigenvalue weighted by atomic mass is 10.2. The van der Waals surface area contributed by atoms with Crippen LogP contribution in [-0.2, 0) is 10.0 Å². The van der Waals surface area contributed by atoms with Crippen LogP contribution < -0.4 is 25.6 Å². The fraction of sp³-hybridized carbons (Fsp3) is 0.0526. The van der Waals surface area contributed by atoms with Crippen LogP contribution in [0, 0.1) is 0 Å². The summed E-state index contributed by atoms with van der Waals surface area (Å²) in [6.45, 7) is 0. The maximum atomic E-state index is 12.6. The first kappa shape index (κ1) is 21.6. The molecular weight excluding hydrogens is 444 g/mol. The summed E-state index contributed by atoms with van der Waals surface area (Å²) in [6, 6.07) is 16.5. The summed E-state index contributed by atoms with van der Waals surface area (Å²) < 4.78 is 32.7. The van der Waals surface area contributed by atoms with Gasteiger partial charge in [0.2, 0.25) is 0 Å². The summed E-state index contributed by atoms with van der Waals surface area (Å²) in [5.41, 5.74) is 6.00. The quantitative estimate of drug-likeness (QED) is 0.329. The number of carbonyl (C=O) groups excluding carboxylic acids is 1. The van der Waals surface area contributed by atoms with Gasteiger partial charge in [0, 0.05) is 11.8 Å². The number of carbonyl (C=O) groups is 1. The number of hydrogen-bond donors (Lipinski definition) is 4. The van der Waals surface area contributed by atoms with E-state index in [4.69, 9.17) is 17.0 Å². The zero-order valence-corrected chi connectivity index (χ0v) is 18.2. The maximum Gasteiger partial charge on any atom is 0.271 e. The third-order valence-electron chi connectivity index (χ3n) is 3.79. The minimum absolute atomic E-state index is 0.134. The molecule has 3 rings (SSSR count). The van der Waals surface area contributed by atoms with Crippen molar-refractivity contribution in [3.63, 3.8) is 0 Å². The Bertz CT molecular complexity index is 1150. The van der Waals surface area contributed by atoms with Crippen LogP contribution >= 0.6 is 23.6 Å². The SMILES string of the molecule is COc1cccc(NC(=S)NNC(=O)c2ccccc2NS(=O)(=O)c2cccs2)c1. The number of thiophene rings is 1. The van der Waals surface area contributed by atoms with Gasteiger partial charge in [0.15, 0.2) is 5.11 Å². The second kappa shape index (κ2) is 9.57. The second-order valence-electron chi connectivity index (χ2n) is 5.85. The highest BCUT2D eigenvalue weighted by Gasteiger charge is 2.19. The molecule has 1 aromatic heterocycles. The van der Waals surface area contributed by atoms with Gasteiger partial charge >= 0.3 is 0 Å². The van der Waals surface area contributed by atoms with Gasteiger partial charge in [0.25, 0.3) is 15.9 Å². The highest BCUT2D eigenvalue weighted by molar-refractivity contribution is 7.94. The first-order valence-corrected chi connectivity index (χ1v) is 11.3. The van der Waals surface area contributed by atoms with Crippen LogP contribution in [0.4, 0.5) is 11.4 Å². The molecule has 1 heterocycles. The van der Waals surface area contributed by atoms with Crippen LogP contribution in [0.25, 0.3) is 0 Å². The number of hydrogen-bond acceptors (Lipinski definition) is 6. The van der Waals surface area contributed by atoms with Crippen molar-refractivity contribution in [2.24, 2.45) is 0 Å². The Morgan fingerprint density at radius 1 is 1.03 bits per heavy atom. The number of methoxy groups -OCH3 is 1. The third-order valence-corrected chi connectivity index (χ3v) is 6.76. The Labute approximate surface area is 183 Å². The van der Waals surface area contributed by atoms with Crippen LogP contribution in [0.5, 0.6) is 5.75 Å². The molecule has 0 aliphatic rings. The van der Waals surface area contributed by atoms with Crippen LogP contribution in [0.2, 0.25) is 0 Å². The summed E-state index contributed by atoms with van der Waals surface area (Å²) >= 11 is 6.25. The second-order valence-corrected chi connectivity index (χ2v) is 9.11. The van der Waals surface area contributed by atoms with Crippen LogP contribution in [0.3, 0.4) is 0 Å². The van der Waals surface area contributed by atoms with Gasteiger partial charge in [0.1, 0.15) is 9.96 Å². The number of benzene rings is 2. The lowest BCUT2D eigenvalue weighted by Gasteiger charge is -2.14. The van der Waals surface area contributed by atoms with Crippen molar-refractivity contribution in [1.82, 2.24) is 10.9 Å². The monoisotopic (exact) mass is 462 g/mol. The van der Waals surface area contributed by atoms with E-state index >= 15 is 0 Å². The van der Waals surface area contributed by atoms with Crippen LogP contribution in [0.15, 0.2) is 70.3 Å². The predicted octanol–water partition coefficient (Wildman–Crippen LogP) is 3.19. The van der Waals surface area contributed by atoms with Gasteiger partial charge in [-0.05, 0) is 47.9 Å². The molecule has 8 nitrogen and oxygen atoms in total. The minimum Gasteiger partial charge on any atom is -0.497 e. The lowest BCUT2D eigenvalue weighted by molar-refractivity contribution is 0.0945. The van der Waals surface area contributed by atoms with E-state index in [1.807, 2.05) is 0 Å². The van der Waals surface area contributed by atoms with E-state index < -0.39 is 15.9 Å². The smallest absolute Gasteiger partial charge is 0.271 e. The van der Waals surface area contributed by atoms with Gasteiger partial charge in [-0.2, -0.15) is 0 Å². The molecule has 3 aromatic rings. The highest BCUT2D eigenvalue weighted by atomic mass is 32.2. The summed E-state index contributed by atoms with van der Waals surface area (Å²) in [7, 11) is -2.23. The molecule has 11 heteroatoms. The average Bonchev–Trinajstić information content (AvgIpc) is 3.28. The van der Waals surface area contributed by atoms with Gasteiger partial charge in [-0.3, -0.25) is 20.4 Å². The minimum atomic E-state index is -3.79. The molecule has 0 aliphatic heterocycles. The van der Waals surface area contributed by atoms with Crippen molar-refractivity contribution in [2.45, 2.75) is 4.21 Å². The Hall–Kier alpha value is -3.15. The summed E-state index contributed by atoms with van der Waals surface area (Å²) in [4.78, 5) is 12.6. The highest BCUT2D eigenvalue weighted by Crippen LogP contribution is 2.22. The van der Waals surface area contributed by atoms with Crippen molar-refractivity contribution >= 4 is 56.0 Å². The fourth-order valence-corrected chi connectivity index (χ4v) is 4.67. The Balaban J connectivity index is 1.65. The van der Waals surface area contributed by atoms with Crippen LogP contribution in [0.1, 0.15) is 10.4 Å². The van der Waals surface area contributed by atoms with Crippen molar-refractivity contribution in [3.8, 4) is 5.75 Å². The molecule has 0 spiro atoms. The van der Waals surface area contributed by atoms with E-state index in [2.05, 4.69) is 20.9 Å². The molecule has 0 atom stereocenters. The van der Waals surface area contributed by atoms with Gasteiger partial charge < -0.3 is 10.1 Å².